The number of aliphatic carboxylic acids is 2. The average Bonchev–Trinajstić information content (AvgIpc) is 3.08. The van der Waals surface area contributed by atoms with Gasteiger partial charge in [0.1, 0.15) is 12.4 Å². The second-order valence-electron chi connectivity index (χ2n) is 7.39. The zero-order chi connectivity index (χ0) is 21.4. The molecule has 154 valence electrons. The molecule has 0 aliphatic heterocycles. The summed E-state index contributed by atoms with van der Waals surface area (Å²) in [5.41, 5.74) is 9.56. The van der Waals surface area contributed by atoms with E-state index in [9.17, 15) is 0 Å². The van der Waals surface area contributed by atoms with E-state index in [1.54, 1.807) is 0 Å². The monoisotopic (exact) mass is 398 g/mol. The van der Waals surface area contributed by atoms with Crippen LogP contribution in [0.5, 0.6) is 5.75 Å². The van der Waals surface area contributed by atoms with Crippen LogP contribution >= 0.6 is 0 Å². The molecule has 2 aromatic carbocycles. The Morgan fingerprint density at radius 2 is 1.72 bits per heavy atom. The molecule has 0 radical (unpaired) electrons. The van der Waals surface area contributed by atoms with Gasteiger partial charge in [0.25, 0.3) is 0 Å². The number of carboxylic acids is 2. The number of benzene rings is 2. The number of aromatic nitrogens is 1. The van der Waals surface area contributed by atoms with Gasteiger partial charge in [0.2, 0.25) is 0 Å². The zero-order valence-electron chi connectivity index (χ0n) is 16.5. The van der Waals surface area contributed by atoms with Gasteiger partial charge in [-0.15, -0.1) is 0 Å². The van der Waals surface area contributed by atoms with Crippen molar-refractivity contribution in [3.05, 3.63) is 65.9 Å². The standard InChI is InChI=1S/C20H24N2O.C2H2O4/c1-20(2,21)11-10-16-13-22-19-9-8-17(12-18(16)19)23-14-15-6-4-3-5-7-15;3-1(4)2(5)6/h3-9,12-13,22H,10-11,14,21H2,1-2H3;(H,3,4)(H,5,6). The van der Waals surface area contributed by atoms with Gasteiger partial charge in [-0.25, -0.2) is 9.59 Å². The Labute approximate surface area is 169 Å². The van der Waals surface area contributed by atoms with E-state index < -0.39 is 11.9 Å². The molecule has 0 atom stereocenters. The van der Waals surface area contributed by atoms with Gasteiger partial charge in [0.05, 0.1) is 0 Å². The summed E-state index contributed by atoms with van der Waals surface area (Å²) in [6.07, 6.45) is 4.00. The largest absolute Gasteiger partial charge is 0.489 e. The fraction of sp³-hybridized carbons (Fsp3) is 0.273. The Morgan fingerprint density at radius 3 is 2.31 bits per heavy atom. The molecule has 7 heteroatoms. The van der Waals surface area contributed by atoms with Crippen LogP contribution in [-0.4, -0.2) is 32.7 Å². The number of H-pyrrole nitrogens is 1. The van der Waals surface area contributed by atoms with Gasteiger partial charge < -0.3 is 25.7 Å². The van der Waals surface area contributed by atoms with Crippen molar-refractivity contribution in [2.75, 3.05) is 0 Å². The average molecular weight is 398 g/mol. The number of carboxylic acid groups (broad SMARTS) is 2. The third kappa shape index (κ3) is 7.31. The molecule has 0 bridgehead atoms. The van der Waals surface area contributed by atoms with E-state index in [4.69, 9.17) is 30.3 Å². The van der Waals surface area contributed by atoms with Crippen molar-refractivity contribution in [3.8, 4) is 5.75 Å². The van der Waals surface area contributed by atoms with Crippen LogP contribution in [-0.2, 0) is 22.6 Å². The third-order valence-corrected chi connectivity index (χ3v) is 4.21. The quantitative estimate of drug-likeness (QED) is 0.470. The van der Waals surface area contributed by atoms with Crippen LogP contribution in [0.3, 0.4) is 0 Å². The van der Waals surface area contributed by atoms with Crippen LogP contribution in [0.2, 0.25) is 0 Å². The van der Waals surface area contributed by atoms with Gasteiger partial charge in [-0.3, -0.25) is 0 Å². The number of nitrogens with one attached hydrogen (secondary N) is 1. The van der Waals surface area contributed by atoms with Crippen molar-refractivity contribution < 1.29 is 24.5 Å². The summed E-state index contributed by atoms with van der Waals surface area (Å²) in [7, 11) is 0. The topological polar surface area (TPSA) is 126 Å². The molecular formula is C22H26N2O5. The Bertz CT molecular complexity index is 946. The van der Waals surface area contributed by atoms with Gasteiger partial charge >= 0.3 is 11.9 Å². The fourth-order valence-corrected chi connectivity index (χ4v) is 2.65. The molecule has 1 heterocycles. The number of aryl methyl sites for hydroxylation is 1. The number of nitrogens with two attached hydrogens (primary N) is 1. The summed E-state index contributed by atoms with van der Waals surface area (Å²) in [6.45, 7) is 4.72. The van der Waals surface area contributed by atoms with Crippen molar-refractivity contribution in [2.24, 2.45) is 5.73 Å². The first-order valence-electron chi connectivity index (χ1n) is 9.17. The van der Waals surface area contributed by atoms with Gasteiger partial charge in [-0.05, 0) is 56.0 Å². The van der Waals surface area contributed by atoms with E-state index in [2.05, 4.69) is 49.3 Å². The normalized spacial score (nSPS) is 10.9. The number of rotatable bonds is 6. The summed E-state index contributed by atoms with van der Waals surface area (Å²) < 4.78 is 5.93. The van der Waals surface area contributed by atoms with Crippen molar-refractivity contribution in [3.63, 3.8) is 0 Å². The first-order valence-corrected chi connectivity index (χ1v) is 9.17. The number of hydrogen-bond donors (Lipinski definition) is 4. The van der Waals surface area contributed by atoms with Crippen LogP contribution in [0, 0.1) is 0 Å². The molecule has 0 saturated heterocycles. The molecule has 0 saturated carbocycles. The molecular weight excluding hydrogens is 372 g/mol. The van der Waals surface area contributed by atoms with E-state index in [1.807, 2.05) is 24.3 Å². The highest BCUT2D eigenvalue weighted by Crippen LogP contribution is 2.26. The van der Waals surface area contributed by atoms with E-state index in [1.165, 1.54) is 16.5 Å². The molecule has 3 rings (SSSR count). The smallest absolute Gasteiger partial charge is 0.414 e. The molecule has 0 aliphatic carbocycles. The molecule has 5 N–H and O–H groups in total. The molecule has 0 aliphatic rings. The maximum atomic E-state index is 9.10. The van der Waals surface area contributed by atoms with E-state index in [-0.39, 0.29) is 5.54 Å². The Balaban J connectivity index is 0.000000438. The van der Waals surface area contributed by atoms with E-state index in [0.29, 0.717) is 6.61 Å². The van der Waals surface area contributed by atoms with Crippen molar-refractivity contribution >= 4 is 22.8 Å². The molecule has 0 spiro atoms. The van der Waals surface area contributed by atoms with Crippen LogP contribution in [0.15, 0.2) is 54.7 Å². The predicted octanol–water partition coefficient (Wildman–Crippen LogP) is 3.57. The third-order valence-electron chi connectivity index (χ3n) is 4.21. The summed E-state index contributed by atoms with van der Waals surface area (Å²) >= 11 is 0. The molecule has 0 amide bonds. The van der Waals surface area contributed by atoms with E-state index in [0.717, 1.165) is 24.1 Å². The van der Waals surface area contributed by atoms with Crippen molar-refractivity contribution in [2.45, 2.75) is 38.8 Å². The first-order chi connectivity index (χ1) is 13.7. The highest BCUT2D eigenvalue weighted by atomic mass is 16.5. The number of aromatic amines is 1. The number of hydrogen-bond acceptors (Lipinski definition) is 4. The summed E-state index contributed by atoms with van der Waals surface area (Å²) in [6, 6.07) is 16.4. The SMILES string of the molecule is CC(C)(N)CCc1c[nH]c2ccc(OCc3ccccc3)cc12.O=C(O)C(=O)O. The second-order valence-corrected chi connectivity index (χ2v) is 7.39. The zero-order valence-corrected chi connectivity index (χ0v) is 16.5. The van der Waals surface area contributed by atoms with Crippen LogP contribution in [0.25, 0.3) is 10.9 Å². The predicted molar refractivity (Wildman–Crippen MR) is 111 cm³/mol. The van der Waals surface area contributed by atoms with Crippen LogP contribution < -0.4 is 10.5 Å². The molecule has 0 unspecified atom stereocenters. The second kappa shape index (κ2) is 9.75. The van der Waals surface area contributed by atoms with Crippen molar-refractivity contribution in [1.82, 2.24) is 4.98 Å². The number of fused-ring (bicyclic) bond motifs is 1. The first kappa shape index (κ1) is 22.0. The van der Waals surface area contributed by atoms with Crippen molar-refractivity contribution in [1.29, 1.82) is 0 Å². The maximum absolute atomic E-state index is 9.10. The Hall–Kier alpha value is -3.32. The Morgan fingerprint density at radius 1 is 1.07 bits per heavy atom. The maximum Gasteiger partial charge on any atom is 0.414 e. The summed E-state index contributed by atoms with van der Waals surface area (Å²) in [4.78, 5) is 21.5. The molecule has 29 heavy (non-hydrogen) atoms. The van der Waals surface area contributed by atoms with E-state index >= 15 is 0 Å². The van der Waals surface area contributed by atoms with Crippen LogP contribution in [0.4, 0.5) is 0 Å². The van der Waals surface area contributed by atoms with Gasteiger partial charge in [-0.2, -0.15) is 0 Å². The van der Waals surface area contributed by atoms with Gasteiger partial charge in [0, 0.05) is 22.6 Å². The minimum Gasteiger partial charge on any atom is -0.489 e. The van der Waals surface area contributed by atoms with Gasteiger partial charge in [-0.1, -0.05) is 30.3 Å². The summed E-state index contributed by atoms with van der Waals surface area (Å²) in [5, 5.41) is 16.0. The molecule has 3 aromatic rings. The fourth-order valence-electron chi connectivity index (χ4n) is 2.65. The van der Waals surface area contributed by atoms with Gasteiger partial charge in [0.15, 0.2) is 0 Å². The lowest BCUT2D eigenvalue weighted by Gasteiger charge is -2.17. The summed E-state index contributed by atoms with van der Waals surface area (Å²) in [5.74, 6) is -2.75. The minimum atomic E-state index is -1.82. The lowest BCUT2D eigenvalue weighted by atomic mass is 9.96. The Kier molecular flexibility index (Phi) is 7.39. The lowest BCUT2D eigenvalue weighted by Crippen LogP contribution is -2.32. The number of ether oxygens (including phenoxy) is 1. The number of carbonyl (C=O) groups is 2. The van der Waals surface area contributed by atoms with Crippen LogP contribution in [0.1, 0.15) is 31.4 Å². The molecule has 1 aromatic heterocycles. The highest BCUT2D eigenvalue weighted by molar-refractivity contribution is 6.27. The molecule has 0 fully saturated rings. The highest BCUT2D eigenvalue weighted by Gasteiger charge is 2.13. The molecule has 7 nitrogen and oxygen atoms in total. The minimum absolute atomic E-state index is 0.148. The lowest BCUT2D eigenvalue weighted by molar-refractivity contribution is -0.159.